The van der Waals surface area contributed by atoms with Gasteiger partial charge in [-0.05, 0) is 55.9 Å². The van der Waals surface area contributed by atoms with Gasteiger partial charge in [0.1, 0.15) is 0 Å². The summed E-state index contributed by atoms with van der Waals surface area (Å²) in [7, 11) is 0. The summed E-state index contributed by atoms with van der Waals surface area (Å²) in [6.45, 7) is 3.98. The highest BCUT2D eigenvalue weighted by Gasteiger charge is 2.29. The first-order chi connectivity index (χ1) is 10.8. The van der Waals surface area contributed by atoms with Gasteiger partial charge in [-0.1, -0.05) is 29.8 Å². The number of anilines is 1. The van der Waals surface area contributed by atoms with Crippen LogP contribution >= 0.6 is 12.2 Å². The Labute approximate surface area is 138 Å². The fourth-order valence-corrected chi connectivity index (χ4v) is 2.34. The lowest BCUT2D eigenvalue weighted by Gasteiger charge is -2.18. The van der Waals surface area contributed by atoms with Crippen LogP contribution in [0.4, 0.5) is 18.9 Å². The molecule has 2 rings (SSSR count). The zero-order chi connectivity index (χ0) is 17.0. The smallest absolute Gasteiger partial charge is 0.356 e. The van der Waals surface area contributed by atoms with E-state index in [2.05, 4.69) is 10.6 Å². The first-order valence-corrected chi connectivity index (χ1v) is 7.48. The number of thiocarbonyl (C=S) groups is 1. The molecule has 0 spiro atoms. The lowest BCUT2D eigenvalue weighted by atomic mass is 10.1. The second-order valence-corrected chi connectivity index (χ2v) is 5.71. The molecule has 1 unspecified atom stereocenters. The molecular formula is C17H17F3N2S. The first-order valence-electron chi connectivity index (χ1n) is 7.07. The molecule has 6 heteroatoms. The average Bonchev–Trinajstić information content (AvgIpc) is 2.47. The maximum absolute atomic E-state index is 12.5. The Morgan fingerprint density at radius 2 is 1.57 bits per heavy atom. The third-order valence-electron chi connectivity index (χ3n) is 3.40. The SMILES string of the molecule is Cc1ccc(C(C)NC(=S)Nc2ccc(C(F)(F)F)cc2)cc1. The lowest BCUT2D eigenvalue weighted by molar-refractivity contribution is -0.137. The normalized spacial score (nSPS) is 12.6. The van der Waals surface area contributed by atoms with Gasteiger partial charge in [-0.2, -0.15) is 13.2 Å². The molecule has 0 amide bonds. The molecule has 2 N–H and O–H groups in total. The highest BCUT2D eigenvalue weighted by atomic mass is 32.1. The number of hydrogen-bond acceptors (Lipinski definition) is 1. The molecule has 122 valence electrons. The summed E-state index contributed by atoms with van der Waals surface area (Å²) in [6, 6.07) is 12.8. The largest absolute Gasteiger partial charge is 0.416 e. The van der Waals surface area contributed by atoms with Gasteiger partial charge in [0.2, 0.25) is 0 Å². The molecule has 0 aliphatic rings. The van der Waals surface area contributed by atoms with Crippen LogP contribution in [-0.2, 0) is 6.18 Å². The fourth-order valence-electron chi connectivity index (χ4n) is 2.04. The molecule has 0 aromatic heterocycles. The quantitative estimate of drug-likeness (QED) is 0.765. The summed E-state index contributed by atoms with van der Waals surface area (Å²) in [5.74, 6) is 0. The van der Waals surface area contributed by atoms with Crippen LogP contribution in [0.5, 0.6) is 0 Å². The van der Waals surface area contributed by atoms with Crippen LogP contribution in [-0.4, -0.2) is 5.11 Å². The maximum Gasteiger partial charge on any atom is 0.416 e. The molecule has 0 bridgehead atoms. The van der Waals surface area contributed by atoms with Gasteiger partial charge in [-0.25, -0.2) is 0 Å². The third kappa shape index (κ3) is 4.96. The van der Waals surface area contributed by atoms with Crippen LogP contribution in [0.2, 0.25) is 0 Å². The zero-order valence-electron chi connectivity index (χ0n) is 12.7. The Kier molecular flexibility index (Phi) is 5.26. The minimum absolute atomic E-state index is 0.00921. The van der Waals surface area contributed by atoms with Crippen molar-refractivity contribution in [2.75, 3.05) is 5.32 Å². The van der Waals surface area contributed by atoms with E-state index in [-0.39, 0.29) is 6.04 Å². The number of alkyl halides is 3. The van der Waals surface area contributed by atoms with Crippen LogP contribution < -0.4 is 10.6 Å². The molecule has 0 saturated heterocycles. The Bertz CT molecular complexity index is 664. The number of aryl methyl sites for hydroxylation is 1. The van der Waals surface area contributed by atoms with Crippen molar-refractivity contribution in [2.45, 2.75) is 26.1 Å². The maximum atomic E-state index is 12.5. The standard InChI is InChI=1S/C17H17F3N2S/c1-11-3-5-13(6-4-11)12(2)21-16(23)22-15-9-7-14(8-10-15)17(18,19)20/h3-10,12H,1-2H3,(H2,21,22,23). The molecule has 23 heavy (non-hydrogen) atoms. The summed E-state index contributed by atoms with van der Waals surface area (Å²) in [5.41, 5.74) is 2.07. The monoisotopic (exact) mass is 338 g/mol. The number of nitrogens with one attached hydrogen (secondary N) is 2. The van der Waals surface area contributed by atoms with E-state index in [0.29, 0.717) is 10.8 Å². The van der Waals surface area contributed by atoms with Gasteiger partial charge >= 0.3 is 6.18 Å². The van der Waals surface area contributed by atoms with E-state index in [1.54, 1.807) is 0 Å². The van der Waals surface area contributed by atoms with Gasteiger partial charge in [0, 0.05) is 5.69 Å². The molecule has 0 fully saturated rings. The molecule has 2 nitrogen and oxygen atoms in total. The van der Waals surface area contributed by atoms with Crippen molar-refractivity contribution in [3.05, 3.63) is 65.2 Å². The number of halogens is 3. The summed E-state index contributed by atoms with van der Waals surface area (Å²) in [4.78, 5) is 0. The number of rotatable bonds is 3. The Morgan fingerprint density at radius 3 is 2.09 bits per heavy atom. The zero-order valence-corrected chi connectivity index (χ0v) is 13.6. The van der Waals surface area contributed by atoms with Crippen molar-refractivity contribution in [2.24, 2.45) is 0 Å². The fraction of sp³-hybridized carbons (Fsp3) is 0.235. The molecule has 1 atom stereocenters. The highest BCUT2D eigenvalue weighted by molar-refractivity contribution is 7.80. The second kappa shape index (κ2) is 7.00. The van der Waals surface area contributed by atoms with Crippen LogP contribution in [0.25, 0.3) is 0 Å². The van der Waals surface area contributed by atoms with Crippen molar-refractivity contribution >= 4 is 23.0 Å². The van der Waals surface area contributed by atoms with Crippen LogP contribution in [0, 0.1) is 6.92 Å². The minimum Gasteiger partial charge on any atom is -0.356 e. The Morgan fingerprint density at radius 1 is 1.00 bits per heavy atom. The summed E-state index contributed by atoms with van der Waals surface area (Å²) >= 11 is 5.20. The van der Waals surface area contributed by atoms with E-state index in [1.807, 2.05) is 38.1 Å². The summed E-state index contributed by atoms with van der Waals surface area (Å²) in [6.07, 6.45) is -4.34. The van der Waals surface area contributed by atoms with Crippen molar-refractivity contribution < 1.29 is 13.2 Å². The minimum atomic E-state index is -4.34. The summed E-state index contributed by atoms with van der Waals surface area (Å²) < 4.78 is 37.5. The van der Waals surface area contributed by atoms with E-state index in [0.717, 1.165) is 17.7 Å². The van der Waals surface area contributed by atoms with E-state index < -0.39 is 11.7 Å². The van der Waals surface area contributed by atoms with Gasteiger partial charge in [0.25, 0.3) is 0 Å². The molecule has 2 aromatic rings. The number of benzene rings is 2. The van der Waals surface area contributed by atoms with Gasteiger partial charge in [0.15, 0.2) is 5.11 Å². The van der Waals surface area contributed by atoms with Crippen LogP contribution in [0.15, 0.2) is 48.5 Å². The van der Waals surface area contributed by atoms with Crippen molar-refractivity contribution in [3.63, 3.8) is 0 Å². The molecule has 0 aliphatic heterocycles. The summed E-state index contributed by atoms with van der Waals surface area (Å²) in [5, 5.41) is 6.35. The first kappa shape index (κ1) is 17.3. The highest BCUT2D eigenvalue weighted by Crippen LogP contribution is 2.29. The van der Waals surface area contributed by atoms with Crippen LogP contribution in [0.3, 0.4) is 0 Å². The second-order valence-electron chi connectivity index (χ2n) is 5.31. The number of hydrogen-bond donors (Lipinski definition) is 2. The molecular weight excluding hydrogens is 321 g/mol. The van der Waals surface area contributed by atoms with E-state index in [9.17, 15) is 13.2 Å². The van der Waals surface area contributed by atoms with Crippen LogP contribution in [0.1, 0.15) is 29.7 Å². The predicted octanol–water partition coefficient (Wildman–Crippen LogP) is 5.06. The van der Waals surface area contributed by atoms with Crippen molar-refractivity contribution in [3.8, 4) is 0 Å². The van der Waals surface area contributed by atoms with Gasteiger partial charge in [-0.15, -0.1) is 0 Å². The van der Waals surface area contributed by atoms with Crippen molar-refractivity contribution in [1.29, 1.82) is 0 Å². The van der Waals surface area contributed by atoms with Gasteiger partial charge < -0.3 is 10.6 Å². The molecule has 0 heterocycles. The van der Waals surface area contributed by atoms with Gasteiger partial charge in [-0.3, -0.25) is 0 Å². The van der Waals surface area contributed by atoms with E-state index >= 15 is 0 Å². The molecule has 0 aliphatic carbocycles. The molecule has 2 aromatic carbocycles. The van der Waals surface area contributed by atoms with E-state index in [1.165, 1.54) is 17.7 Å². The predicted molar refractivity (Wildman–Crippen MR) is 90.4 cm³/mol. The molecule has 0 radical (unpaired) electrons. The Balaban J connectivity index is 1.95. The van der Waals surface area contributed by atoms with Gasteiger partial charge in [0.05, 0.1) is 11.6 Å². The lowest BCUT2D eigenvalue weighted by Crippen LogP contribution is -2.30. The third-order valence-corrected chi connectivity index (χ3v) is 3.61. The average molecular weight is 338 g/mol. The molecule has 0 saturated carbocycles. The van der Waals surface area contributed by atoms with Crippen molar-refractivity contribution in [1.82, 2.24) is 5.32 Å². The van der Waals surface area contributed by atoms with E-state index in [4.69, 9.17) is 12.2 Å². The Hall–Kier alpha value is -2.08. The topological polar surface area (TPSA) is 24.1 Å².